The van der Waals surface area contributed by atoms with E-state index in [2.05, 4.69) is 20.7 Å². The van der Waals surface area contributed by atoms with Crippen molar-refractivity contribution in [1.82, 2.24) is 20.1 Å². The Kier molecular flexibility index (Phi) is 5.02. The minimum atomic E-state index is -3.95. The monoisotopic (exact) mass is 483 g/mol. The van der Waals surface area contributed by atoms with Crippen LogP contribution in [0, 0.1) is 5.95 Å². The number of aromatic nitrogens is 3. The molecule has 1 aliphatic rings. The molecular weight excluding hydrogens is 469 g/mol. The van der Waals surface area contributed by atoms with Crippen molar-refractivity contribution in [3.63, 3.8) is 0 Å². The number of hydrogen-bond acceptors (Lipinski definition) is 7. The zero-order valence-electron chi connectivity index (χ0n) is 16.6. The lowest BCUT2D eigenvalue weighted by molar-refractivity contribution is 0.0949. The molecular formula is C21H14FN5O4S2. The molecule has 0 bridgehead atoms. The Balaban J connectivity index is 1.36. The Morgan fingerprint density at radius 2 is 1.97 bits per heavy atom. The van der Waals surface area contributed by atoms with E-state index in [0.29, 0.717) is 10.0 Å². The number of thiazole rings is 1. The van der Waals surface area contributed by atoms with Crippen LogP contribution in [0.4, 0.5) is 10.1 Å². The lowest BCUT2D eigenvalue weighted by atomic mass is 10.1. The molecule has 0 spiro atoms. The van der Waals surface area contributed by atoms with Crippen LogP contribution in [-0.4, -0.2) is 35.0 Å². The largest absolute Gasteiger partial charge is 0.347 e. The molecule has 0 aliphatic carbocycles. The van der Waals surface area contributed by atoms with Gasteiger partial charge in [0.1, 0.15) is 0 Å². The number of carbonyl (C=O) groups excluding carboxylic acids is 2. The first kappa shape index (κ1) is 21.0. The van der Waals surface area contributed by atoms with Crippen LogP contribution in [0.3, 0.4) is 0 Å². The molecule has 9 nitrogen and oxygen atoms in total. The van der Waals surface area contributed by atoms with Gasteiger partial charge >= 0.3 is 0 Å². The molecule has 2 N–H and O–H groups in total. The first-order chi connectivity index (χ1) is 15.8. The molecule has 3 heterocycles. The fourth-order valence-corrected chi connectivity index (χ4v) is 5.74. The zero-order chi connectivity index (χ0) is 23.2. The Hall–Kier alpha value is -3.90. The number of anilines is 1. The maximum absolute atomic E-state index is 13.1. The van der Waals surface area contributed by atoms with Crippen molar-refractivity contribution in [2.45, 2.75) is 16.3 Å². The summed E-state index contributed by atoms with van der Waals surface area (Å²) in [5.74, 6) is -1.66. The number of nitrogens with zero attached hydrogens (tertiary/aromatic N) is 3. The second-order valence-corrected chi connectivity index (χ2v) is 10.0. The van der Waals surface area contributed by atoms with Crippen molar-refractivity contribution in [2.24, 2.45) is 0 Å². The van der Waals surface area contributed by atoms with E-state index in [4.69, 9.17) is 0 Å². The SMILES string of the molecule is O=C(NCc1cnc(-n2ccc(F)n2)s1)c1ccc2c(c1)NC(=O)c1ccccc1S2(=O)=O. The van der Waals surface area contributed by atoms with Crippen molar-refractivity contribution in [3.8, 4) is 5.13 Å². The number of hydrogen-bond donors (Lipinski definition) is 2. The van der Waals surface area contributed by atoms with Gasteiger partial charge in [0, 0.05) is 28.9 Å². The number of rotatable bonds is 4. The number of halogens is 1. The van der Waals surface area contributed by atoms with E-state index in [1.54, 1.807) is 18.3 Å². The van der Waals surface area contributed by atoms with Crippen LogP contribution in [0.2, 0.25) is 0 Å². The molecule has 0 radical (unpaired) electrons. The van der Waals surface area contributed by atoms with E-state index in [-0.39, 0.29) is 33.2 Å². The van der Waals surface area contributed by atoms with Gasteiger partial charge in [-0.15, -0.1) is 5.10 Å². The zero-order valence-corrected chi connectivity index (χ0v) is 18.3. The highest BCUT2D eigenvalue weighted by Crippen LogP contribution is 2.34. The number of carbonyl (C=O) groups is 2. The standard InChI is InChI=1S/C21H14FN5O4S2/c22-18-7-8-27(26-18)21-24-11-13(32-21)10-23-19(28)12-5-6-17-15(9-12)25-20(29)14-3-1-2-4-16(14)33(17,30)31/h1-9,11H,10H2,(H,23,28)(H,25,29). The Bertz CT molecular complexity index is 1530. The molecule has 4 aromatic rings. The quantitative estimate of drug-likeness (QED) is 0.460. The van der Waals surface area contributed by atoms with Gasteiger partial charge < -0.3 is 10.6 Å². The minimum Gasteiger partial charge on any atom is -0.347 e. The lowest BCUT2D eigenvalue weighted by Crippen LogP contribution is -2.22. The third kappa shape index (κ3) is 3.79. The normalized spacial score (nSPS) is 14.0. The van der Waals surface area contributed by atoms with Gasteiger partial charge in [-0.05, 0) is 30.3 Å². The summed E-state index contributed by atoms with van der Waals surface area (Å²) in [6.07, 6.45) is 2.98. The van der Waals surface area contributed by atoms with Crippen LogP contribution < -0.4 is 10.6 Å². The van der Waals surface area contributed by atoms with E-state index in [9.17, 15) is 22.4 Å². The van der Waals surface area contributed by atoms with Gasteiger partial charge in [0.15, 0.2) is 0 Å². The second kappa shape index (κ2) is 7.90. The molecule has 33 heavy (non-hydrogen) atoms. The number of sulfone groups is 1. The minimum absolute atomic E-state index is 0.0321. The second-order valence-electron chi connectivity index (χ2n) is 7.04. The van der Waals surface area contributed by atoms with Gasteiger partial charge in [-0.2, -0.15) is 4.39 Å². The van der Waals surface area contributed by atoms with Crippen molar-refractivity contribution in [2.75, 3.05) is 5.32 Å². The van der Waals surface area contributed by atoms with Crippen LogP contribution >= 0.6 is 11.3 Å². The van der Waals surface area contributed by atoms with E-state index >= 15 is 0 Å². The van der Waals surface area contributed by atoms with Gasteiger partial charge in [-0.1, -0.05) is 23.5 Å². The van der Waals surface area contributed by atoms with E-state index in [1.807, 2.05) is 0 Å². The maximum atomic E-state index is 13.1. The maximum Gasteiger partial charge on any atom is 0.257 e. The molecule has 2 aromatic carbocycles. The smallest absolute Gasteiger partial charge is 0.257 e. The summed E-state index contributed by atoms with van der Waals surface area (Å²) in [6.45, 7) is 0.146. The number of amides is 2. The summed E-state index contributed by atoms with van der Waals surface area (Å²) in [7, 11) is -3.95. The summed E-state index contributed by atoms with van der Waals surface area (Å²) in [5.41, 5.74) is 0.247. The highest BCUT2D eigenvalue weighted by atomic mass is 32.2. The summed E-state index contributed by atoms with van der Waals surface area (Å²) >= 11 is 1.23. The summed E-state index contributed by atoms with van der Waals surface area (Å²) in [6, 6.07) is 11.2. The third-order valence-electron chi connectivity index (χ3n) is 4.92. The molecule has 2 aromatic heterocycles. The molecule has 1 aliphatic heterocycles. The van der Waals surface area contributed by atoms with Gasteiger partial charge in [0.25, 0.3) is 11.8 Å². The Morgan fingerprint density at radius 3 is 2.76 bits per heavy atom. The molecule has 2 amide bonds. The van der Waals surface area contributed by atoms with Crippen LogP contribution in [0.15, 0.2) is 70.7 Å². The topological polar surface area (TPSA) is 123 Å². The predicted octanol–water partition coefficient (Wildman–Crippen LogP) is 2.80. The average molecular weight is 484 g/mol. The molecule has 0 saturated carbocycles. The van der Waals surface area contributed by atoms with Gasteiger partial charge in [0.05, 0.1) is 27.6 Å². The number of benzene rings is 2. The summed E-state index contributed by atoms with van der Waals surface area (Å²) < 4.78 is 40.5. The highest BCUT2D eigenvalue weighted by Gasteiger charge is 2.31. The van der Waals surface area contributed by atoms with Crippen LogP contribution in [0.1, 0.15) is 25.6 Å². The van der Waals surface area contributed by atoms with Gasteiger partial charge in [0.2, 0.25) is 20.9 Å². The number of fused-ring (bicyclic) bond motifs is 2. The van der Waals surface area contributed by atoms with Crippen molar-refractivity contribution < 1.29 is 22.4 Å². The third-order valence-corrected chi connectivity index (χ3v) is 7.77. The first-order valence-corrected chi connectivity index (χ1v) is 11.9. The van der Waals surface area contributed by atoms with Gasteiger partial charge in [-0.25, -0.2) is 18.1 Å². The molecule has 5 rings (SSSR count). The van der Waals surface area contributed by atoms with Crippen LogP contribution in [-0.2, 0) is 16.4 Å². The highest BCUT2D eigenvalue weighted by molar-refractivity contribution is 7.91. The first-order valence-electron chi connectivity index (χ1n) is 9.57. The predicted molar refractivity (Wildman–Crippen MR) is 117 cm³/mol. The molecule has 166 valence electrons. The van der Waals surface area contributed by atoms with Crippen LogP contribution in [0.5, 0.6) is 0 Å². The van der Waals surface area contributed by atoms with E-state index in [0.717, 1.165) is 0 Å². The Labute approximate surface area is 190 Å². The van der Waals surface area contributed by atoms with Crippen molar-refractivity contribution in [3.05, 3.63) is 82.9 Å². The molecule has 0 saturated heterocycles. The fourth-order valence-electron chi connectivity index (χ4n) is 3.36. The van der Waals surface area contributed by atoms with Crippen LogP contribution in [0.25, 0.3) is 5.13 Å². The summed E-state index contributed by atoms with van der Waals surface area (Å²) in [4.78, 5) is 29.9. The fraction of sp³-hybridized carbons (Fsp3) is 0.0476. The lowest BCUT2D eigenvalue weighted by Gasteiger charge is -2.10. The van der Waals surface area contributed by atoms with E-state index < -0.39 is 27.6 Å². The molecule has 0 fully saturated rings. The molecule has 12 heteroatoms. The summed E-state index contributed by atoms with van der Waals surface area (Å²) in [5, 5.41) is 9.39. The Morgan fingerprint density at radius 1 is 1.15 bits per heavy atom. The van der Waals surface area contributed by atoms with Crippen molar-refractivity contribution >= 4 is 38.7 Å². The molecule has 0 atom stereocenters. The average Bonchev–Trinajstić information content (AvgIpc) is 3.44. The van der Waals surface area contributed by atoms with E-state index in [1.165, 1.54) is 58.6 Å². The number of nitrogens with one attached hydrogen (secondary N) is 2. The van der Waals surface area contributed by atoms with Gasteiger partial charge in [-0.3, -0.25) is 9.59 Å². The molecule has 0 unspecified atom stereocenters. The van der Waals surface area contributed by atoms with Crippen molar-refractivity contribution in [1.29, 1.82) is 0 Å².